The van der Waals surface area contributed by atoms with Crippen LogP contribution >= 0.6 is 0 Å². The van der Waals surface area contributed by atoms with E-state index in [0.717, 1.165) is 0 Å². The maximum absolute atomic E-state index is 12.4. The molecule has 0 saturated carbocycles. The first-order chi connectivity index (χ1) is 16.7. The minimum atomic E-state index is -0.864. The van der Waals surface area contributed by atoms with Gasteiger partial charge in [-0.05, 0) is 46.4 Å². The van der Waals surface area contributed by atoms with Gasteiger partial charge in [-0.25, -0.2) is 4.79 Å². The molecule has 188 valence electrons. The summed E-state index contributed by atoms with van der Waals surface area (Å²) in [6.07, 6.45) is 1.33. The lowest BCUT2D eigenvalue weighted by Crippen LogP contribution is -2.32. The van der Waals surface area contributed by atoms with Gasteiger partial charge in [-0.15, -0.1) is 0 Å². The van der Waals surface area contributed by atoms with E-state index in [1.165, 1.54) is 22.3 Å². The number of carbonyl (C=O) groups excluding carboxylic acids is 2. The zero-order valence-corrected chi connectivity index (χ0v) is 20.8. The predicted molar refractivity (Wildman–Crippen MR) is 135 cm³/mol. The summed E-state index contributed by atoms with van der Waals surface area (Å²) in [7, 11) is 0. The summed E-state index contributed by atoms with van der Waals surface area (Å²) < 4.78 is 5.58. The normalized spacial score (nSPS) is 13.5. The summed E-state index contributed by atoms with van der Waals surface area (Å²) >= 11 is 0. The summed E-state index contributed by atoms with van der Waals surface area (Å²) in [5, 5.41) is 14.4. The number of carboxylic acid groups (broad SMARTS) is 1. The van der Waals surface area contributed by atoms with Crippen LogP contribution in [-0.2, 0) is 14.3 Å². The number of rotatable bonds is 12. The summed E-state index contributed by atoms with van der Waals surface area (Å²) in [6.45, 7) is 7.02. The van der Waals surface area contributed by atoms with Gasteiger partial charge in [0.1, 0.15) is 6.61 Å². The number of amides is 2. The van der Waals surface area contributed by atoms with Gasteiger partial charge >= 0.3 is 12.1 Å². The molecule has 0 aromatic heterocycles. The highest BCUT2D eigenvalue weighted by atomic mass is 16.5. The second-order valence-corrected chi connectivity index (χ2v) is 10.2. The molecule has 0 spiro atoms. The van der Waals surface area contributed by atoms with Crippen molar-refractivity contribution in [1.82, 2.24) is 10.6 Å². The Hall–Kier alpha value is -3.35. The van der Waals surface area contributed by atoms with Crippen LogP contribution in [-0.4, -0.2) is 42.8 Å². The highest BCUT2D eigenvalue weighted by Crippen LogP contribution is 2.44. The van der Waals surface area contributed by atoms with Gasteiger partial charge in [-0.2, -0.15) is 0 Å². The Labute approximate surface area is 207 Å². The molecule has 1 atom stereocenters. The molecule has 2 amide bonds. The molecule has 7 nitrogen and oxygen atoms in total. The molecular weight excluding hydrogens is 444 g/mol. The summed E-state index contributed by atoms with van der Waals surface area (Å²) in [4.78, 5) is 35.2. The standard InChI is InChI=1S/C28H36N2O5/c1-19(16-26(32)33)17-30-25(31)12-13-28(2,3)14-15-29-27(34)35-18-24-22-10-6-4-8-20(22)21-9-5-7-11-23(21)24/h4-11,19,24H,12-18H2,1-3H3,(H,29,34)(H,30,31)(H,32,33). The Morgan fingerprint density at radius 2 is 1.57 bits per heavy atom. The number of aliphatic carboxylic acids is 1. The van der Waals surface area contributed by atoms with Crippen LogP contribution in [0.1, 0.15) is 63.5 Å². The van der Waals surface area contributed by atoms with Gasteiger partial charge in [0.05, 0.1) is 0 Å². The number of ether oxygens (including phenoxy) is 1. The van der Waals surface area contributed by atoms with E-state index in [-0.39, 0.29) is 36.2 Å². The fourth-order valence-electron chi connectivity index (χ4n) is 4.48. The van der Waals surface area contributed by atoms with E-state index < -0.39 is 12.1 Å². The van der Waals surface area contributed by atoms with Crippen LogP contribution < -0.4 is 10.6 Å². The number of hydrogen-bond donors (Lipinski definition) is 3. The van der Waals surface area contributed by atoms with Gasteiger partial charge in [0.25, 0.3) is 0 Å². The van der Waals surface area contributed by atoms with E-state index in [9.17, 15) is 14.4 Å². The molecule has 2 aromatic rings. The number of benzene rings is 2. The third kappa shape index (κ3) is 7.57. The van der Waals surface area contributed by atoms with Crippen LogP contribution in [0.4, 0.5) is 4.79 Å². The third-order valence-corrected chi connectivity index (χ3v) is 6.61. The minimum absolute atomic E-state index is 0.0290. The van der Waals surface area contributed by atoms with Crippen molar-refractivity contribution >= 4 is 18.0 Å². The Morgan fingerprint density at radius 3 is 2.17 bits per heavy atom. The largest absolute Gasteiger partial charge is 0.481 e. The highest BCUT2D eigenvalue weighted by Gasteiger charge is 2.29. The van der Waals surface area contributed by atoms with Gasteiger partial charge in [0, 0.05) is 31.8 Å². The first-order valence-corrected chi connectivity index (χ1v) is 12.2. The topological polar surface area (TPSA) is 105 Å². The van der Waals surface area contributed by atoms with Crippen molar-refractivity contribution in [2.75, 3.05) is 19.7 Å². The maximum Gasteiger partial charge on any atom is 0.407 e. The van der Waals surface area contributed by atoms with Crippen LogP contribution in [0.3, 0.4) is 0 Å². The monoisotopic (exact) mass is 480 g/mol. The SMILES string of the molecule is CC(CNC(=O)CCC(C)(C)CCNC(=O)OCC1c2ccccc2-c2ccccc21)CC(=O)O. The van der Waals surface area contributed by atoms with Gasteiger partial charge in [-0.1, -0.05) is 69.3 Å². The number of fused-ring (bicyclic) bond motifs is 3. The number of nitrogens with one attached hydrogen (secondary N) is 2. The molecule has 0 aliphatic heterocycles. The van der Waals surface area contributed by atoms with Crippen molar-refractivity contribution in [1.29, 1.82) is 0 Å². The predicted octanol–water partition coefficient (Wildman–Crippen LogP) is 4.95. The first-order valence-electron chi connectivity index (χ1n) is 12.2. The quantitative estimate of drug-likeness (QED) is 0.399. The first kappa shape index (κ1) is 26.3. The molecule has 0 heterocycles. The summed E-state index contributed by atoms with van der Waals surface area (Å²) in [5.74, 6) is -1.02. The lowest BCUT2D eigenvalue weighted by atomic mass is 9.84. The van der Waals surface area contributed by atoms with Crippen molar-refractivity contribution in [3.63, 3.8) is 0 Å². The maximum atomic E-state index is 12.4. The summed E-state index contributed by atoms with van der Waals surface area (Å²) in [5.41, 5.74) is 4.61. The fraction of sp³-hybridized carbons (Fsp3) is 0.464. The fourth-order valence-corrected chi connectivity index (χ4v) is 4.48. The molecule has 1 unspecified atom stereocenters. The molecular formula is C28H36N2O5. The molecule has 0 saturated heterocycles. The zero-order chi connectivity index (χ0) is 25.4. The van der Waals surface area contributed by atoms with Crippen LogP contribution in [0.25, 0.3) is 11.1 Å². The van der Waals surface area contributed by atoms with Gasteiger partial charge in [0.15, 0.2) is 0 Å². The van der Waals surface area contributed by atoms with Gasteiger partial charge in [-0.3, -0.25) is 9.59 Å². The average Bonchev–Trinajstić information content (AvgIpc) is 3.13. The molecule has 3 rings (SSSR count). The van der Waals surface area contributed by atoms with Gasteiger partial charge < -0.3 is 20.5 Å². The number of carboxylic acids is 1. The zero-order valence-electron chi connectivity index (χ0n) is 20.8. The van der Waals surface area contributed by atoms with Crippen molar-refractivity contribution < 1.29 is 24.2 Å². The molecule has 0 radical (unpaired) electrons. The molecule has 1 aliphatic carbocycles. The summed E-state index contributed by atoms with van der Waals surface area (Å²) in [6, 6.07) is 16.5. The molecule has 2 aromatic carbocycles. The van der Waals surface area contributed by atoms with E-state index in [1.807, 2.05) is 24.3 Å². The lowest BCUT2D eigenvalue weighted by molar-refractivity contribution is -0.138. The molecule has 35 heavy (non-hydrogen) atoms. The Morgan fingerprint density at radius 1 is 0.971 bits per heavy atom. The van der Waals surface area contributed by atoms with Crippen LogP contribution in [0.5, 0.6) is 0 Å². The van der Waals surface area contributed by atoms with Crippen LogP contribution in [0, 0.1) is 11.3 Å². The van der Waals surface area contributed by atoms with Crippen LogP contribution in [0.15, 0.2) is 48.5 Å². The Bertz CT molecular complexity index is 1000. The second kappa shape index (κ2) is 11.9. The average molecular weight is 481 g/mol. The highest BCUT2D eigenvalue weighted by molar-refractivity contribution is 5.79. The van der Waals surface area contributed by atoms with Crippen molar-refractivity contribution in [3.05, 3.63) is 59.7 Å². The minimum Gasteiger partial charge on any atom is -0.481 e. The number of carbonyl (C=O) groups is 3. The Balaban J connectivity index is 1.38. The van der Waals surface area contributed by atoms with Crippen molar-refractivity contribution in [2.24, 2.45) is 11.3 Å². The molecule has 7 heteroatoms. The van der Waals surface area contributed by atoms with E-state index in [4.69, 9.17) is 9.84 Å². The van der Waals surface area contributed by atoms with Gasteiger partial charge in [0.2, 0.25) is 5.91 Å². The third-order valence-electron chi connectivity index (χ3n) is 6.61. The molecule has 0 bridgehead atoms. The van der Waals surface area contributed by atoms with Crippen LogP contribution in [0.2, 0.25) is 0 Å². The van der Waals surface area contributed by atoms with Crippen molar-refractivity contribution in [3.8, 4) is 11.1 Å². The second-order valence-electron chi connectivity index (χ2n) is 10.2. The van der Waals surface area contributed by atoms with E-state index >= 15 is 0 Å². The lowest BCUT2D eigenvalue weighted by Gasteiger charge is -2.24. The van der Waals surface area contributed by atoms with E-state index in [0.29, 0.717) is 32.4 Å². The van der Waals surface area contributed by atoms with E-state index in [2.05, 4.69) is 48.7 Å². The van der Waals surface area contributed by atoms with E-state index in [1.54, 1.807) is 6.92 Å². The Kier molecular flexibility index (Phi) is 8.90. The molecule has 0 fully saturated rings. The van der Waals surface area contributed by atoms with Crippen molar-refractivity contribution in [2.45, 2.75) is 52.4 Å². The molecule has 1 aliphatic rings. The smallest absolute Gasteiger partial charge is 0.407 e. The number of alkyl carbamates (subject to hydrolysis) is 1. The number of hydrogen-bond acceptors (Lipinski definition) is 4. The molecule has 3 N–H and O–H groups in total.